The third-order valence-electron chi connectivity index (χ3n) is 3.30. The van der Waals surface area contributed by atoms with Gasteiger partial charge in [0.15, 0.2) is 0 Å². The molecule has 0 aliphatic heterocycles. The van der Waals surface area contributed by atoms with Crippen molar-refractivity contribution in [3.63, 3.8) is 0 Å². The number of H-pyrrole nitrogens is 1. The van der Waals surface area contributed by atoms with Crippen molar-refractivity contribution < 1.29 is 0 Å². The van der Waals surface area contributed by atoms with E-state index < -0.39 is 0 Å². The smallest absolute Gasteiger partial charge is 0.137 e. The van der Waals surface area contributed by atoms with Crippen LogP contribution in [0.1, 0.15) is 35.7 Å². The predicted molar refractivity (Wildman–Crippen MR) is 68.6 cm³/mol. The summed E-state index contributed by atoms with van der Waals surface area (Å²) in [5, 5.41) is 0. The first kappa shape index (κ1) is 10.5. The van der Waals surface area contributed by atoms with E-state index in [1.54, 1.807) is 0 Å². The molecule has 1 aliphatic rings. The molecule has 2 aromatic rings. The molecular weight excluding hydrogens is 210 g/mol. The molecule has 17 heavy (non-hydrogen) atoms. The number of nitrogens with two attached hydrogens (primary N) is 1. The molecule has 1 fully saturated rings. The largest absolute Gasteiger partial charge is 0.341 e. The van der Waals surface area contributed by atoms with Gasteiger partial charge in [-0.3, -0.25) is 0 Å². The number of aromatic amines is 1. The lowest BCUT2D eigenvalue weighted by Crippen LogP contribution is -1.99. The van der Waals surface area contributed by atoms with Crippen LogP contribution in [0.5, 0.6) is 0 Å². The van der Waals surface area contributed by atoms with E-state index in [4.69, 9.17) is 10.7 Å². The van der Waals surface area contributed by atoms with Crippen molar-refractivity contribution >= 4 is 0 Å². The van der Waals surface area contributed by atoms with E-state index in [2.05, 4.69) is 36.2 Å². The third-order valence-corrected chi connectivity index (χ3v) is 3.30. The van der Waals surface area contributed by atoms with Gasteiger partial charge in [0.2, 0.25) is 0 Å². The molecule has 3 heteroatoms. The number of benzene rings is 1. The second kappa shape index (κ2) is 4.00. The van der Waals surface area contributed by atoms with Crippen LogP contribution in [0, 0.1) is 6.92 Å². The molecule has 1 heterocycles. The molecule has 88 valence electrons. The molecule has 1 saturated carbocycles. The monoisotopic (exact) mass is 227 g/mol. The first-order chi connectivity index (χ1) is 8.28. The number of imidazole rings is 1. The van der Waals surface area contributed by atoms with Crippen LogP contribution < -0.4 is 5.73 Å². The Bertz CT molecular complexity index is 521. The number of hydrogen-bond donors (Lipinski definition) is 2. The highest BCUT2D eigenvalue weighted by Crippen LogP contribution is 2.41. The Morgan fingerprint density at radius 1 is 1.29 bits per heavy atom. The summed E-state index contributed by atoms with van der Waals surface area (Å²) in [6.07, 6.45) is 2.51. The van der Waals surface area contributed by atoms with Crippen LogP contribution >= 0.6 is 0 Å². The molecule has 1 aromatic carbocycles. The van der Waals surface area contributed by atoms with Gasteiger partial charge in [0.05, 0.1) is 11.4 Å². The Morgan fingerprint density at radius 2 is 2.00 bits per heavy atom. The molecule has 3 nitrogen and oxygen atoms in total. The lowest BCUT2D eigenvalue weighted by atomic mass is 10.1. The van der Waals surface area contributed by atoms with Gasteiger partial charge < -0.3 is 10.7 Å². The van der Waals surface area contributed by atoms with Crippen molar-refractivity contribution in [2.45, 2.75) is 32.2 Å². The highest BCUT2D eigenvalue weighted by molar-refractivity contribution is 5.56. The SMILES string of the molecule is Cc1ccc(-c2nc(C3CC3)c(CN)[nH]2)cc1. The maximum Gasteiger partial charge on any atom is 0.137 e. The molecule has 1 aliphatic carbocycles. The standard InChI is InChI=1S/C14H17N3/c1-9-2-4-11(5-3-9)14-16-12(8-15)13(17-14)10-6-7-10/h2-5,10H,6-8,15H2,1H3,(H,16,17). The highest BCUT2D eigenvalue weighted by Gasteiger charge is 2.29. The topological polar surface area (TPSA) is 54.7 Å². The minimum Gasteiger partial charge on any atom is -0.341 e. The Hall–Kier alpha value is -1.61. The molecule has 0 unspecified atom stereocenters. The van der Waals surface area contributed by atoms with Crippen LogP contribution in [0.15, 0.2) is 24.3 Å². The van der Waals surface area contributed by atoms with Gasteiger partial charge in [-0.1, -0.05) is 29.8 Å². The van der Waals surface area contributed by atoms with Crippen molar-refractivity contribution in [3.8, 4) is 11.4 Å². The number of aromatic nitrogens is 2. The lowest BCUT2D eigenvalue weighted by molar-refractivity contribution is 0.944. The van der Waals surface area contributed by atoms with Gasteiger partial charge in [-0.25, -0.2) is 4.98 Å². The molecule has 0 radical (unpaired) electrons. The summed E-state index contributed by atoms with van der Waals surface area (Å²) in [6.45, 7) is 2.64. The van der Waals surface area contributed by atoms with Crippen molar-refractivity contribution in [1.82, 2.24) is 9.97 Å². The quantitative estimate of drug-likeness (QED) is 0.847. The molecular formula is C14H17N3. The molecule has 3 N–H and O–H groups in total. The van der Waals surface area contributed by atoms with Gasteiger partial charge in [0.25, 0.3) is 0 Å². The second-order valence-corrected chi connectivity index (χ2v) is 4.79. The fraction of sp³-hybridized carbons (Fsp3) is 0.357. The number of nitrogens with one attached hydrogen (secondary N) is 1. The van der Waals surface area contributed by atoms with Crippen molar-refractivity contribution in [3.05, 3.63) is 41.2 Å². The van der Waals surface area contributed by atoms with E-state index in [9.17, 15) is 0 Å². The van der Waals surface area contributed by atoms with Crippen LogP contribution in [-0.4, -0.2) is 9.97 Å². The van der Waals surface area contributed by atoms with Crippen LogP contribution in [-0.2, 0) is 6.54 Å². The molecule has 0 bridgehead atoms. The van der Waals surface area contributed by atoms with E-state index in [-0.39, 0.29) is 0 Å². The normalized spacial score (nSPS) is 15.2. The van der Waals surface area contributed by atoms with Crippen LogP contribution in [0.3, 0.4) is 0 Å². The average molecular weight is 227 g/mol. The predicted octanol–water partition coefficient (Wildman–Crippen LogP) is 2.72. The lowest BCUT2D eigenvalue weighted by Gasteiger charge is -1.97. The number of rotatable bonds is 3. The summed E-state index contributed by atoms with van der Waals surface area (Å²) in [6, 6.07) is 8.42. The maximum atomic E-state index is 5.76. The zero-order valence-corrected chi connectivity index (χ0v) is 10.0. The Balaban J connectivity index is 2.00. The minimum absolute atomic E-state index is 0.546. The van der Waals surface area contributed by atoms with Gasteiger partial charge in [0.1, 0.15) is 5.82 Å². The van der Waals surface area contributed by atoms with E-state index in [1.807, 2.05) is 0 Å². The highest BCUT2D eigenvalue weighted by atomic mass is 15.0. The molecule has 3 rings (SSSR count). The van der Waals surface area contributed by atoms with Gasteiger partial charge in [0, 0.05) is 18.0 Å². The molecule has 0 atom stereocenters. The van der Waals surface area contributed by atoms with Crippen molar-refractivity contribution in [2.24, 2.45) is 5.73 Å². The van der Waals surface area contributed by atoms with Crippen LogP contribution in [0.25, 0.3) is 11.4 Å². The second-order valence-electron chi connectivity index (χ2n) is 4.79. The number of nitrogens with zero attached hydrogens (tertiary/aromatic N) is 1. The molecule has 0 spiro atoms. The first-order valence-electron chi connectivity index (χ1n) is 6.14. The first-order valence-corrected chi connectivity index (χ1v) is 6.14. The molecule has 1 aromatic heterocycles. The van der Waals surface area contributed by atoms with Gasteiger partial charge >= 0.3 is 0 Å². The van der Waals surface area contributed by atoms with Crippen molar-refractivity contribution in [1.29, 1.82) is 0 Å². The average Bonchev–Trinajstić information content (AvgIpc) is 3.10. The number of hydrogen-bond acceptors (Lipinski definition) is 2. The molecule has 0 amide bonds. The Morgan fingerprint density at radius 3 is 2.59 bits per heavy atom. The van der Waals surface area contributed by atoms with Gasteiger partial charge in [-0.05, 0) is 19.8 Å². The summed E-state index contributed by atoms with van der Waals surface area (Å²) < 4.78 is 0. The number of aryl methyl sites for hydroxylation is 1. The van der Waals surface area contributed by atoms with E-state index in [1.165, 1.54) is 24.1 Å². The van der Waals surface area contributed by atoms with E-state index in [0.717, 1.165) is 17.1 Å². The third kappa shape index (κ3) is 1.98. The van der Waals surface area contributed by atoms with Crippen LogP contribution in [0.2, 0.25) is 0 Å². The fourth-order valence-electron chi connectivity index (χ4n) is 2.12. The Kier molecular flexibility index (Phi) is 2.48. The summed E-state index contributed by atoms with van der Waals surface area (Å²) in [5.41, 5.74) is 10.4. The van der Waals surface area contributed by atoms with E-state index in [0.29, 0.717) is 12.5 Å². The molecule has 0 saturated heterocycles. The van der Waals surface area contributed by atoms with E-state index >= 15 is 0 Å². The fourth-order valence-corrected chi connectivity index (χ4v) is 2.12. The zero-order valence-electron chi connectivity index (χ0n) is 10.0. The summed E-state index contributed by atoms with van der Waals surface area (Å²) in [7, 11) is 0. The minimum atomic E-state index is 0.546. The summed E-state index contributed by atoms with van der Waals surface area (Å²) in [4.78, 5) is 8.06. The Labute approximate surface area is 101 Å². The van der Waals surface area contributed by atoms with Crippen LogP contribution in [0.4, 0.5) is 0 Å². The zero-order chi connectivity index (χ0) is 11.8. The summed E-state index contributed by atoms with van der Waals surface area (Å²) in [5.74, 6) is 1.59. The van der Waals surface area contributed by atoms with Gasteiger partial charge in [-0.15, -0.1) is 0 Å². The van der Waals surface area contributed by atoms with Crippen molar-refractivity contribution in [2.75, 3.05) is 0 Å². The maximum absolute atomic E-state index is 5.76. The van der Waals surface area contributed by atoms with Gasteiger partial charge in [-0.2, -0.15) is 0 Å². The summed E-state index contributed by atoms with van der Waals surface area (Å²) >= 11 is 0.